The van der Waals surface area contributed by atoms with Gasteiger partial charge in [0.25, 0.3) is 0 Å². The van der Waals surface area contributed by atoms with Gasteiger partial charge in [0, 0.05) is 5.39 Å². The van der Waals surface area contributed by atoms with E-state index in [1.165, 1.54) is 25.6 Å². The summed E-state index contributed by atoms with van der Waals surface area (Å²) < 4.78 is 17.4. The molecule has 2 heterocycles. The number of hydrogen-bond donors (Lipinski definition) is 0. The third-order valence-electron chi connectivity index (χ3n) is 4.87. The van der Waals surface area contributed by atoms with Crippen LogP contribution in [0.2, 0.25) is 5.02 Å². The lowest BCUT2D eigenvalue weighted by Gasteiger charge is -2.09. The first kappa shape index (κ1) is 21.9. The van der Waals surface area contributed by atoms with E-state index in [9.17, 15) is 9.59 Å². The molecule has 0 aliphatic rings. The minimum Gasteiger partial charge on any atom is -0.497 e. The van der Waals surface area contributed by atoms with Crippen LogP contribution in [0.3, 0.4) is 0 Å². The van der Waals surface area contributed by atoms with Gasteiger partial charge < -0.3 is 14.2 Å². The quantitative estimate of drug-likeness (QED) is 0.276. The third kappa shape index (κ3) is 4.06. The predicted octanol–water partition coefficient (Wildman–Crippen LogP) is 5.11. The van der Waals surface area contributed by atoms with Crippen LogP contribution in [-0.2, 0) is 4.74 Å². The topological polar surface area (TPSA) is 79.7 Å². The number of fused-ring (bicyclic) bond motifs is 1. The van der Waals surface area contributed by atoms with Crippen molar-refractivity contribution >= 4 is 44.9 Å². The van der Waals surface area contributed by atoms with Gasteiger partial charge in [0.1, 0.15) is 21.2 Å². The van der Waals surface area contributed by atoms with Gasteiger partial charge in [0.05, 0.1) is 36.2 Å². The summed E-state index contributed by atoms with van der Waals surface area (Å²) in [6.07, 6.45) is 0. The molecule has 0 aliphatic heterocycles. The number of ether oxygens (including phenoxy) is 3. The van der Waals surface area contributed by atoms with Crippen LogP contribution in [0.1, 0.15) is 25.7 Å². The van der Waals surface area contributed by atoms with Crippen LogP contribution in [0.15, 0.2) is 48.5 Å². The maximum absolute atomic E-state index is 12.7. The number of ketones is 1. The summed E-state index contributed by atoms with van der Waals surface area (Å²) in [6, 6.07) is 13.9. The molecule has 0 N–H and O–H groups in total. The van der Waals surface area contributed by atoms with Crippen LogP contribution < -0.4 is 9.47 Å². The molecule has 0 aliphatic carbocycles. The summed E-state index contributed by atoms with van der Waals surface area (Å²) in [7, 11) is 2.97. The molecule has 0 amide bonds. The van der Waals surface area contributed by atoms with Gasteiger partial charge in [-0.1, -0.05) is 23.7 Å². The van der Waals surface area contributed by atoms with Crippen LogP contribution in [0, 0.1) is 6.92 Å². The Balaban J connectivity index is 1.56. The number of Topliss-reactive ketones (excluding diaryl/α,β-unsaturated/α-hetero) is 1. The van der Waals surface area contributed by atoms with Crippen LogP contribution in [-0.4, -0.2) is 42.4 Å². The Bertz CT molecular complexity index is 1330. The normalized spacial score (nSPS) is 10.9. The zero-order valence-electron chi connectivity index (χ0n) is 17.5. The number of nitrogens with zero attached hydrogens (tertiary/aromatic N) is 2. The first-order valence-electron chi connectivity index (χ1n) is 9.59. The van der Waals surface area contributed by atoms with Crippen molar-refractivity contribution in [1.82, 2.24) is 9.78 Å². The van der Waals surface area contributed by atoms with E-state index in [4.69, 9.17) is 25.8 Å². The number of carbonyl (C=O) groups excluding carboxylic acids is 2. The highest BCUT2D eigenvalue weighted by molar-refractivity contribution is 7.20. The SMILES string of the molecule is COc1ccc(OC)c(C(=O)COC(=O)c2cc3c(C)nn(-c4ccccc4Cl)c3s2)c1. The number of methoxy groups -OCH3 is 2. The van der Waals surface area contributed by atoms with Gasteiger partial charge in [-0.05, 0) is 43.3 Å². The Hall–Kier alpha value is -3.36. The number of hydrogen-bond acceptors (Lipinski definition) is 7. The first-order chi connectivity index (χ1) is 15.4. The second kappa shape index (κ2) is 9.02. The van der Waals surface area contributed by atoms with Gasteiger partial charge in [-0.3, -0.25) is 4.79 Å². The second-order valence-electron chi connectivity index (χ2n) is 6.84. The number of rotatable bonds is 7. The lowest BCUT2D eigenvalue weighted by Crippen LogP contribution is -2.14. The number of aryl methyl sites for hydroxylation is 1. The zero-order valence-corrected chi connectivity index (χ0v) is 19.1. The van der Waals surface area contributed by atoms with E-state index in [2.05, 4.69) is 5.10 Å². The van der Waals surface area contributed by atoms with Gasteiger partial charge in [0.2, 0.25) is 5.78 Å². The largest absolute Gasteiger partial charge is 0.497 e. The number of aromatic nitrogens is 2. The second-order valence-corrected chi connectivity index (χ2v) is 8.28. The summed E-state index contributed by atoms with van der Waals surface area (Å²) in [6.45, 7) is 1.43. The van der Waals surface area contributed by atoms with Crippen molar-refractivity contribution in [3.63, 3.8) is 0 Å². The average molecular weight is 471 g/mol. The molecular weight excluding hydrogens is 452 g/mol. The summed E-state index contributed by atoms with van der Waals surface area (Å²) in [5.74, 6) is -0.103. The number of carbonyl (C=O) groups is 2. The summed E-state index contributed by atoms with van der Waals surface area (Å²) in [5.41, 5.74) is 1.75. The highest BCUT2D eigenvalue weighted by Crippen LogP contribution is 2.33. The van der Waals surface area contributed by atoms with E-state index in [0.29, 0.717) is 27.1 Å². The Labute approximate surface area is 193 Å². The molecule has 164 valence electrons. The lowest BCUT2D eigenvalue weighted by atomic mass is 10.1. The average Bonchev–Trinajstić information content (AvgIpc) is 3.38. The van der Waals surface area contributed by atoms with Gasteiger partial charge in [-0.25, -0.2) is 9.48 Å². The number of halogens is 1. The van der Waals surface area contributed by atoms with Crippen molar-refractivity contribution in [2.75, 3.05) is 20.8 Å². The molecule has 0 saturated carbocycles. The molecule has 4 aromatic rings. The zero-order chi connectivity index (χ0) is 22.8. The van der Waals surface area contributed by atoms with Crippen molar-refractivity contribution in [3.8, 4) is 17.2 Å². The Morgan fingerprint density at radius 2 is 1.88 bits per heavy atom. The number of thiophene rings is 1. The molecule has 0 fully saturated rings. The molecule has 0 atom stereocenters. The van der Waals surface area contributed by atoms with Gasteiger partial charge in [0.15, 0.2) is 6.61 Å². The monoisotopic (exact) mass is 470 g/mol. The fraction of sp³-hybridized carbons (Fsp3) is 0.174. The molecule has 0 unspecified atom stereocenters. The molecule has 9 heteroatoms. The van der Waals surface area contributed by atoms with Crippen LogP contribution >= 0.6 is 22.9 Å². The van der Waals surface area contributed by atoms with E-state index >= 15 is 0 Å². The van der Waals surface area contributed by atoms with E-state index in [1.54, 1.807) is 35.0 Å². The molecule has 0 bridgehead atoms. The Morgan fingerprint density at radius 1 is 1.09 bits per heavy atom. The van der Waals surface area contributed by atoms with Crippen molar-refractivity contribution < 1.29 is 23.8 Å². The molecule has 0 saturated heterocycles. The van der Waals surface area contributed by atoms with Crippen LogP contribution in [0.5, 0.6) is 11.5 Å². The maximum atomic E-state index is 12.7. The lowest BCUT2D eigenvalue weighted by molar-refractivity contribution is 0.0479. The first-order valence-corrected chi connectivity index (χ1v) is 10.8. The highest BCUT2D eigenvalue weighted by atomic mass is 35.5. The third-order valence-corrected chi connectivity index (χ3v) is 6.28. The smallest absolute Gasteiger partial charge is 0.348 e. The molecule has 0 spiro atoms. The molecule has 7 nitrogen and oxygen atoms in total. The van der Waals surface area contributed by atoms with E-state index in [-0.39, 0.29) is 5.56 Å². The highest BCUT2D eigenvalue weighted by Gasteiger charge is 2.21. The molecular formula is C23H19ClN2O5S. The molecule has 0 radical (unpaired) electrons. The standard InChI is InChI=1S/C23H19ClN2O5S/c1-13-15-11-21(32-22(15)26(25-13)18-7-5-4-6-17(18)24)23(28)31-12-19(27)16-10-14(29-2)8-9-20(16)30-3/h4-11H,12H2,1-3H3. The van der Waals surface area contributed by atoms with Crippen molar-refractivity contribution in [3.05, 3.63) is 69.7 Å². The summed E-state index contributed by atoms with van der Waals surface area (Å²) in [5, 5.41) is 5.91. The fourth-order valence-electron chi connectivity index (χ4n) is 3.25. The van der Waals surface area contributed by atoms with E-state index in [0.717, 1.165) is 15.9 Å². The van der Waals surface area contributed by atoms with Gasteiger partial charge in [-0.2, -0.15) is 5.10 Å². The van der Waals surface area contributed by atoms with Crippen molar-refractivity contribution in [2.45, 2.75) is 6.92 Å². The number of para-hydroxylation sites is 1. The predicted molar refractivity (Wildman–Crippen MR) is 123 cm³/mol. The molecule has 32 heavy (non-hydrogen) atoms. The Morgan fingerprint density at radius 3 is 2.59 bits per heavy atom. The number of benzene rings is 2. The van der Waals surface area contributed by atoms with Crippen LogP contribution in [0.4, 0.5) is 0 Å². The van der Waals surface area contributed by atoms with Crippen LogP contribution in [0.25, 0.3) is 15.9 Å². The number of esters is 1. The van der Waals surface area contributed by atoms with Crippen molar-refractivity contribution in [2.24, 2.45) is 0 Å². The maximum Gasteiger partial charge on any atom is 0.348 e. The van der Waals surface area contributed by atoms with Gasteiger partial charge in [-0.15, -0.1) is 11.3 Å². The van der Waals surface area contributed by atoms with Crippen molar-refractivity contribution in [1.29, 1.82) is 0 Å². The Kier molecular flexibility index (Phi) is 6.16. The molecule has 2 aromatic heterocycles. The van der Waals surface area contributed by atoms with Gasteiger partial charge >= 0.3 is 5.97 Å². The summed E-state index contributed by atoms with van der Waals surface area (Å²) >= 11 is 7.55. The minimum absolute atomic E-state index is 0.279. The van der Waals surface area contributed by atoms with E-state index in [1.807, 2.05) is 25.1 Å². The summed E-state index contributed by atoms with van der Waals surface area (Å²) in [4.78, 5) is 26.5. The fourth-order valence-corrected chi connectivity index (χ4v) is 4.53. The molecule has 2 aromatic carbocycles. The van der Waals surface area contributed by atoms with E-state index < -0.39 is 18.4 Å². The molecule has 4 rings (SSSR count). The minimum atomic E-state index is -0.591.